The molecular formula is C67H72N16O4. The van der Waals surface area contributed by atoms with Gasteiger partial charge in [0.1, 0.15) is 29.4 Å². The molecule has 0 saturated carbocycles. The third kappa shape index (κ3) is 11.6. The molecule has 8 aliphatic rings. The number of piperazine rings is 2. The lowest BCUT2D eigenvalue weighted by atomic mass is 9.87. The number of methoxy groups -OCH3 is 2. The van der Waals surface area contributed by atoms with Gasteiger partial charge < -0.3 is 34.2 Å². The van der Waals surface area contributed by atoms with Gasteiger partial charge in [0.15, 0.2) is 0 Å². The SMILES string of the molecule is COc1ccc(CN2C3CC2CN(c2ccc(-c4cc(C5=CCN(C(=O)OC(C)(C)C)C(C)C5)cn5ncc(C#N)c45)cn2)C3)cn1.COc1ccc(CN2C3CC2CN(c2ccc(-c4cc(C5=CCNC(C)C5)cn5ncc(C#N)c45)cn2)C3)cn1. The zero-order chi connectivity index (χ0) is 60.1. The first-order valence-electron chi connectivity index (χ1n) is 30.1. The molecule has 6 unspecified atom stereocenters. The first-order chi connectivity index (χ1) is 42.2. The normalized spacial score (nSPS) is 21.8. The summed E-state index contributed by atoms with van der Waals surface area (Å²) in [4.78, 5) is 43.0. The second kappa shape index (κ2) is 23.6. The molecule has 6 saturated heterocycles. The van der Waals surface area contributed by atoms with Crippen molar-refractivity contribution in [3.8, 4) is 46.2 Å². The van der Waals surface area contributed by atoms with Crippen molar-refractivity contribution in [2.24, 2.45) is 0 Å². The molecule has 8 aliphatic heterocycles. The van der Waals surface area contributed by atoms with Crippen molar-refractivity contribution in [2.75, 3.05) is 63.3 Å². The predicted molar refractivity (Wildman–Crippen MR) is 333 cm³/mol. The number of anilines is 2. The molecule has 444 valence electrons. The van der Waals surface area contributed by atoms with Crippen LogP contribution in [-0.2, 0) is 17.8 Å². The zero-order valence-electron chi connectivity index (χ0n) is 50.3. The fourth-order valence-electron chi connectivity index (χ4n) is 13.4. The number of amides is 1. The number of ether oxygens (including phenoxy) is 3. The third-order valence-corrected chi connectivity index (χ3v) is 18.0. The summed E-state index contributed by atoms with van der Waals surface area (Å²) in [5.41, 5.74) is 12.9. The van der Waals surface area contributed by atoms with Gasteiger partial charge in [-0.3, -0.25) is 9.80 Å². The standard InChI is InChI=1S/C36H40N8O3.C31H32N8O/c1-23-12-25(10-11-42(23)35(45)47-36(2,3)4)27-13-31(34-28(15-37)18-40-44(34)20-27)26-7-8-32(38-17-26)41-21-29-14-30(22-41)43(29)19-24-6-9-33(46-5)39-16-24;1-20-9-22(7-8-33-20)24-10-28(31-25(12-32)15-36-39(31)17-24)23-4-5-29(34-14-23)37-18-26-11-27(19-37)38(26)16-21-3-6-30(40-2)35-13-21/h6-10,13,16-18,20,23,29-30H,11-12,14,19,21-22H2,1-5H3;3-7,10,13-15,17,20,26-27,33H,8-9,11,16,18-19H2,1-2H3. The Kier molecular flexibility index (Phi) is 15.4. The fraction of sp³-hybridized carbons (Fsp3) is 0.388. The van der Waals surface area contributed by atoms with Crippen LogP contribution in [0.3, 0.4) is 0 Å². The number of rotatable bonds is 12. The maximum atomic E-state index is 12.8. The summed E-state index contributed by atoms with van der Waals surface area (Å²) in [7, 11) is 3.28. The summed E-state index contributed by atoms with van der Waals surface area (Å²) in [6, 6.07) is 27.8. The Morgan fingerprint density at radius 1 is 0.621 bits per heavy atom. The van der Waals surface area contributed by atoms with Gasteiger partial charge in [0.05, 0.1) is 48.8 Å². The van der Waals surface area contributed by atoms with Crippen LogP contribution < -0.4 is 24.6 Å². The average Bonchev–Trinajstić information content (AvgIpc) is 4.21. The first-order valence-corrected chi connectivity index (χ1v) is 30.1. The van der Waals surface area contributed by atoms with Crippen LogP contribution in [0, 0.1) is 22.7 Å². The van der Waals surface area contributed by atoms with Crippen LogP contribution in [0.15, 0.2) is 122 Å². The van der Waals surface area contributed by atoms with E-state index in [-0.39, 0.29) is 12.1 Å². The second-order valence-corrected chi connectivity index (χ2v) is 24.8. The Morgan fingerprint density at radius 3 is 1.52 bits per heavy atom. The van der Waals surface area contributed by atoms with Crippen LogP contribution >= 0.6 is 0 Å². The number of aromatic nitrogens is 8. The summed E-state index contributed by atoms with van der Waals surface area (Å²) in [5, 5.41) is 32.2. The first kappa shape index (κ1) is 56.9. The number of carbonyl (C=O) groups excluding carboxylic acids is 1. The summed E-state index contributed by atoms with van der Waals surface area (Å²) in [6.45, 7) is 16.8. The Bertz CT molecular complexity index is 3980. The van der Waals surface area contributed by atoms with E-state index >= 15 is 0 Å². The smallest absolute Gasteiger partial charge is 0.410 e. The van der Waals surface area contributed by atoms with Crippen molar-refractivity contribution < 1.29 is 19.0 Å². The fourth-order valence-corrected chi connectivity index (χ4v) is 13.4. The van der Waals surface area contributed by atoms with Crippen molar-refractivity contribution in [1.29, 1.82) is 10.5 Å². The van der Waals surface area contributed by atoms with Crippen LogP contribution in [0.4, 0.5) is 16.4 Å². The molecule has 6 atom stereocenters. The van der Waals surface area contributed by atoms with Crippen LogP contribution in [0.1, 0.15) is 93.7 Å². The molecule has 4 bridgehead atoms. The van der Waals surface area contributed by atoms with Gasteiger partial charge in [0, 0.05) is 160 Å². The second-order valence-electron chi connectivity index (χ2n) is 24.8. The van der Waals surface area contributed by atoms with E-state index in [4.69, 9.17) is 24.2 Å². The number of piperidine rings is 2. The number of nitriles is 2. The molecule has 6 fully saturated rings. The van der Waals surface area contributed by atoms with Gasteiger partial charge in [-0.05, 0) is 130 Å². The Balaban J connectivity index is 0.000000163. The summed E-state index contributed by atoms with van der Waals surface area (Å²) in [5.74, 6) is 3.24. The van der Waals surface area contributed by atoms with E-state index in [1.165, 1.54) is 29.5 Å². The molecule has 0 spiro atoms. The van der Waals surface area contributed by atoms with Gasteiger partial charge in [-0.25, -0.2) is 33.8 Å². The molecule has 0 aliphatic carbocycles. The van der Waals surface area contributed by atoms with Crippen LogP contribution in [0.25, 0.3) is 44.4 Å². The minimum absolute atomic E-state index is 0.0307. The van der Waals surface area contributed by atoms with Crippen LogP contribution in [0.5, 0.6) is 11.8 Å². The van der Waals surface area contributed by atoms with Crippen molar-refractivity contribution in [2.45, 2.75) is 115 Å². The highest BCUT2D eigenvalue weighted by atomic mass is 16.6. The molecular weight excluding hydrogens is 1090 g/mol. The lowest BCUT2D eigenvalue weighted by molar-refractivity contribution is -0.00879. The Hall–Kier alpha value is -9.21. The molecule has 0 radical (unpaired) electrons. The molecule has 1 N–H and O–H groups in total. The van der Waals surface area contributed by atoms with E-state index in [0.29, 0.717) is 66.1 Å². The molecule has 20 nitrogen and oxygen atoms in total. The largest absolute Gasteiger partial charge is 0.481 e. The number of carbonyl (C=O) groups is 1. The van der Waals surface area contributed by atoms with Crippen LogP contribution in [0.2, 0.25) is 0 Å². The summed E-state index contributed by atoms with van der Waals surface area (Å²) >= 11 is 0. The van der Waals surface area contributed by atoms with E-state index in [9.17, 15) is 15.3 Å². The third-order valence-electron chi connectivity index (χ3n) is 18.0. The Morgan fingerprint density at radius 2 is 1.11 bits per heavy atom. The number of nitrogens with zero attached hydrogens (tertiary/aromatic N) is 15. The van der Waals surface area contributed by atoms with Crippen LogP contribution in [-0.4, -0.2) is 155 Å². The lowest BCUT2D eigenvalue weighted by Crippen LogP contribution is -2.68. The topological polar surface area (TPSA) is 207 Å². The van der Waals surface area contributed by atoms with E-state index in [2.05, 4.69) is 125 Å². The molecule has 16 heterocycles. The van der Waals surface area contributed by atoms with E-state index in [1.807, 2.05) is 81.5 Å². The molecule has 8 aromatic rings. The predicted octanol–water partition coefficient (Wildman–Crippen LogP) is 9.45. The molecule has 1 amide bonds. The summed E-state index contributed by atoms with van der Waals surface area (Å²) < 4.78 is 19.7. The number of hydrogen-bond donors (Lipinski definition) is 1. The van der Waals surface area contributed by atoms with Gasteiger partial charge in [-0.2, -0.15) is 20.7 Å². The van der Waals surface area contributed by atoms with Crippen molar-refractivity contribution >= 4 is 39.9 Å². The quantitative estimate of drug-likeness (QED) is 0.121. The van der Waals surface area contributed by atoms with Gasteiger partial charge in [-0.1, -0.05) is 24.3 Å². The molecule has 16 rings (SSSR count). The molecule has 8 aromatic heterocycles. The summed E-state index contributed by atoms with van der Waals surface area (Å²) in [6.07, 6.45) is 23.0. The lowest BCUT2D eigenvalue weighted by Gasteiger charge is -2.56. The molecule has 20 heteroatoms. The van der Waals surface area contributed by atoms with Crippen molar-refractivity contribution in [3.63, 3.8) is 0 Å². The van der Waals surface area contributed by atoms with Gasteiger partial charge in [0.2, 0.25) is 11.8 Å². The van der Waals surface area contributed by atoms with E-state index in [0.717, 1.165) is 114 Å². The number of fused-ring (bicyclic) bond motifs is 6. The highest BCUT2D eigenvalue weighted by Crippen LogP contribution is 2.40. The minimum Gasteiger partial charge on any atom is -0.481 e. The van der Waals surface area contributed by atoms with E-state index < -0.39 is 5.60 Å². The maximum Gasteiger partial charge on any atom is 0.410 e. The van der Waals surface area contributed by atoms with Gasteiger partial charge >= 0.3 is 6.09 Å². The minimum atomic E-state index is -0.548. The Labute approximate surface area is 506 Å². The van der Waals surface area contributed by atoms with Crippen molar-refractivity contribution in [1.82, 2.24) is 59.2 Å². The monoisotopic (exact) mass is 1160 g/mol. The highest BCUT2D eigenvalue weighted by molar-refractivity contribution is 5.89. The zero-order valence-corrected chi connectivity index (χ0v) is 50.3. The number of nitrogens with one attached hydrogen (secondary N) is 1. The van der Waals surface area contributed by atoms with Gasteiger partial charge in [0.25, 0.3) is 0 Å². The van der Waals surface area contributed by atoms with Crippen molar-refractivity contribution in [3.05, 3.63) is 156 Å². The number of pyridine rings is 6. The maximum absolute atomic E-state index is 12.8. The highest BCUT2D eigenvalue weighted by Gasteiger charge is 2.46. The van der Waals surface area contributed by atoms with Gasteiger partial charge in [-0.15, -0.1) is 0 Å². The molecule has 0 aromatic carbocycles. The average molecular weight is 1170 g/mol. The van der Waals surface area contributed by atoms with E-state index in [1.54, 1.807) is 36.0 Å². The number of hydrogen-bond acceptors (Lipinski definition) is 17. The molecule has 87 heavy (non-hydrogen) atoms.